The zero-order chi connectivity index (χ0) is 13.5. The third-order valence-electron chi connectivity index (χ3n) is 2.56. The number of carbonyl (C=O) groups is 1. The number of nitrogen functional groups attached to an aromatic ring is 1. The van der Waals surface area contributed by atoms with E-state index in [9.17, 15) is 4.79 Å². The van der Waals surface area contributed by atoms with Crippen molar-refractivity contribution in [1.82, 2.24) is 4.90 Å². The van der Waals surface area contributed by atoms with Gasteiger partial charge in [-0.25, -0.2) is 0 Å². The number of nitrogens with one attached hydrogen (secondary N) is 1. The number of rotatable bonds is 6. The van der Waals surface area contributed by atoms with E-state index in [0.29, 0.717) is 29.4 Å². The van der Waals surface area contributed by atoms with Gasteiger partial charge in [-0.2, -0.15) is 0 Å². The van der Waals surface area contributed by atoms with Crippen LogP contribution >= 0.6 is 11.6 Å². The summed E-state index contributed by atoms with van der Waals surface area (Å²) in [6, 6.07) is 4.96. The van der Waals surface area contributed by atoms with Crippen LogP contribution < -0.4 is 11.3 Å². The van der Waals surface area contributed by atoms with Crippen LogP contribution in [-0.4, -0.2) is 38.1 Å². The van der Waals surface area contributed by atoms with Crippen LogP contribution in [0.3, 0.4) is 0 Å². The maximum absolute atomic E-state index is 12.2. The monoisotopic (exact) mass is 271 g/mol. The second kappa shape index (κ2) is 7.20. The number of hydrogen-bond acceptors (Lipinski definition) is 4. The maximum atomic E-state index is 12.2. The number of nitrogens with zero attached hydrogens (tertiary/aromatic N) is 1. The number of halogens is 1. The first-order chi connectivity index (χ1) is 8.60. The van der Waals surface area contributed by atoms with Crippen molar-refractivity contribution < 1.29 is 9.53 Å². The van der Waals surface area contributed by atoms with Crippen molar-refractivity contribution in [2.45, 2.75) is 6.42 Å². The predicted molar refractivity (Wildman–Crippen MR) is 72.7 cm³/mol. The summed E-state index contributed by atoms with van der Waals surface area (Å²) in [5.41, 5.74) is 3.52. The van der Waals surface area contributed by atoms with Gasteiger partial charge in [-0.05, 0) is 24.6 Å². The van der Waals surface area contributed by atoms with Crippen molar-refractivity contribution in [2.24, 2.45) is 5.84 Å². The van der Waals surface area contributed by atoms with Gasteiger partial charge in [0, 0.05) is 32.3 Å². The molecule has 18 heavy (non-hydrogen) atoms. The van der Waals surface area contributed by atoms with Crippen molar-refractivity contribution in [3.63, 3.8) is 0 Å². The number of hydrogen-bond donors (Lipinski definition) is 2. The third-order valence-corrected chi connectivity index (χ3v) is 2.79. The summed E-state index contributed by atoms with van der Waals surface area (Å²) in [6.07, 6.45) is 0.782. The lowest BCUT2D eigenvalue weighted by Crippen LogP contribution is -2.29. The average Bonchev–Trinajstić information content (AvgIpc) is 2.38. The first kappa shape index (κ1) is 14.8. The van der Waals surface area contributed by atoms with Crippen LogP contribution in [0.5, 0.6) is 0 Å². The zero-order valence-corrected chi connectivity index (χ0v) is 11.3. The molecule has 3 N–H and O–H groups in total. The lowest BCUT2D eigenvalue weighted by atomic mass is 10.1. The third kappa shape index (κ3) is 3.87. The number of hydrazine groups is 1. The van der Waals surface area contributed by atoms with Crippen LogP contribution in [0.25, 0.3) is 0 Å². The molecule has 0 radical (unpaired) electrons. The van der Waals surface area contributed by atoms with Crippen molar-refractivity contribution in [1.29, 1.82) is 0 Å². The van der Waals surface area contributed by atoms with E-state index in [2.05, 4.69) is 5.43 Å². The first-order valence-corrected chi connectivity index (χ1v) is 5.98. The Morgan fingerprint density at radius 3 is 2.89 bits per heavy atom. The summed E-state index contributed by atoms with van der Waals surface area (Å²) in [5.74, 6) is 5.25. The van der Waals surface area contributed by atoms with E-state index in [1.54, 1.807) is 37.3 Å². The van der Waals surface area contributed by atoms with Gasteiger partial charge in [-0.15, -0.1) is 0 Å². The van der Waals surface area contributed by atoms with E-state index in [0.717, 1.165) is 6.42 Å². The molecule has 0 unspecified atom stereocenters. The number of benzene rings is 1. The number of amides is 1. The van der Waals surface area contributed by atoms with E-state index in [1.807, 2.05) is 0 Å². The van der Waals surface area contributed by atoms with Gasteiger partial charge in [-0.1, -0.05) is 11.6 Å². The summed E-state index contributed by atoms with van der Waals surface area (Å²) >= 11 is 5.89. The highest BCUT2D eigenvalue weighted by Gasteiger charge is 2.15. The van der Waals surface area contributed by atoms with E-state index in [1.165, 1.54) is 0 Å². The molecule has 0 bridgehead atoms. The SMILES string of the molecule is COCCCN(C)C(=O)c1cc(Cl)ccc1NN. The Hall–Kier alpha value is -1.30. The molecule has 0 fully saturated rings. The summed E-state index contributed by atoms with van der Waals surface area (Å²) < 4.78 is 4.95. The molecule has 0 atom stereocenters. The Labute approximate surface area is 112 Å². The molecule has 1 rings (SSSR count). The highest BCUT2D eigenvalue weighted by molar-refractivity contribution is 6.31. The molecule has 0 saturated carbocycles. The number of methoxy groups -OCH3 is 1. The second-order valence-electron chi connectivity index (χ2n) is 3.91. The van der Waals surface area contributed by atoms with E-state index >= 15 is 0 Å². The quantitative estimate of drug-likeness (QED) is 0.470. The van der Waals surface area contributed by atoms with Crippen LogP contribution in [-0.2, 0) is 4.74 Å². The second-order valence-corrected chi connectivity index (χ2v) is 4.34. The van der Waals surface area contributed by atoms with Crippen molar-refractivity contribution >= 4 is 23.2 Å². The Morgan fingerprint density at radius 1 is 1.56 bits per heavy atom. The molecular formula is C12H18ClN3O2. The van der Waals surface area contributed by atoms with Crippen molar-refractivity contribution in [2.75, 3.05) is 32.7 Å². The fourth-order valence-corrected chi connectivity index (χ4v) is 1.74. The molecule has 1 aromatic rings. The Balaban J connectivity index is 2.79. The fraction of sp³-hybridized carbons (Fsp3) is 0.417. The molecule has 0 aliphatic carbocycles. The lowest BCUT2D eigenvalue weighted by molar-refractivity contribution is 0.0780. The minimum Gasteiger partial charge on any atom is -0.385 e. The van der Waals surface area contributed by atoms with Gasteiger partial charge in [0.05, 0.1) is 11.3 Å². The Kier molecular flexibility index (Phi) is 5.91. The molecule has 0 saturated heterocycles. The van der Waals surface area contributed by atoms with Gasteiger partial charge in [0.25, 0.3) is 5.91 Å². The maximum Gasteiger partial charge on any atom is 0.255 e. The molecule has 1 amide bonds. The van der Waals surface area contributed by atoms with Crippen LogP contribution in [0.1, 0.15) is 16.8 Å². The van der Waals surface area contributed by atoms with Crippen LogP contribution in [0.15, 0.2) is 18.2 Å². The molecule has 6 heteroatoms. The molecule has 0 aliphatic rings. The van der Waals surface area contributed by atoms with Crippen molar-refractivity contribution in [3.05, 3.63) is 28.8 Å². The Morgan fingerprint density at radius 2 is 2.28 bits per heavy atom. The van der Waals surface area contributed by atoms with Crippen LogP contribution in [0, 0.1) is 0 Å². The smallest absolute Gasteiger partial charge is 0.255 e. The molecular weight excluding hydrogens is 254 g/mol. The highest BCUT2D eigenvalue weighted by atomic mass is 35.5. The molecule has 1 aromatic carbocycles. The van der Waals surface area contributed by atoms with Crippen LogP contribution in [0.2, 0.25) is 5.02 Å². The minimum absolute atomic E-state index is 0.124. The van der Waals surface area contributed by atoms with Gasteiger partial charge in [-0.3, -0.25) is 10.6 Å². The van der Waals surface area contributed by atoms with Gasteiger partial charge < -0.3 is 15.1 Å². The molecule has 0 aromatic heterocycles. The summed E-state index contributed by atoms with van der Waals surface area (Å²) in [6.45, 7) is 1.23. The van der Waals surface area contributed by atoms with Gasteiger partial charge >= 0.3 is 0 Å². The average molecular weight is 272 g/mol. The van der Waals surface area contributed by atoms with Gasteiger partial charge in [0.1, 0.15) is 0 Å². The number of anilines is 1. The predicted octanol–water partition coefficient (Wildman–Crippen LogP) is 1.73. The number of nitrogens with two attached hydrogens (primary N) is 1. The van der Waals surface area contributed by atoms with Gasteiger partial charge in [0.2, 0.25) is 0 Å². The molecule has 0 heterocycles. The first-order valence-electron chi connectivity index (χ1n) is 5.60. The standard InChI is InChI=1S/C12H18ClN3O2/c1-16(6-3-7-18-2)12(17)10-8-9(13)4-5-11(10)15-14/h4-5,8,15H,3,6-7,14H2,1-2H3. The molecule has 5 nitrogen and oxygen atoms in total. The van der Waals surface area contributed by atoms with E-state index in [-0.39, 0.29) is 5.91 Å². The summed E-state index contributed by atoms with van der Waals surface area (Å²) in [4.78, 5) is 13.8. The van der Waals surface area contributed by atoms with Crippen LogP contribution in [0.4, 0.5) is 5.69 Å². The molecule has 100 valence electrons. The fourth-order valence-electron chi connectivity index (χ4n) is 1.57. The highest BCUT2D eigenvalue weighted by Crippen LogP contribution is 2.21. The summed E-state index contributed by atoms with van der Waals surface area (Å²) in [5, 5.41) is 0.502. The van der Waals surface area contributed by atoms with Gasteiger partial charge in [0.15, 0.2) is 0 Å². The largest absolute Gasteiger partial charge is 0.385 e. The van der Waals surface area contributed by atoms with E-state index < -0.39 is 0 Å². The topological polar surface area (TPSA) is 67.6 Å². The number of carbonyl (C=O) groups excluding carboxylic acids is 1. The normalized spacial score (nSPS) is 10.2. The zero-order valence-electron chi connectivity index (χ0n) is 10.6. The van der Waals surface area contributed by atoms with E-state index in [4.69, 9.17) is 22.2 Å². The van der Waals surface area contributed by atoms with Crippen molar-refractivity contribution in [3.8, 4) is 0 Å². The minimum atomic E-state index is -0.124. The lowest BCUT2D eigenvalue weighted by Gasteiger charge is -2.18. The number of ether oxygens (including phenoxy) is 1. The molecule has 0 aliphatic heterocycles. The molecule has 0 spiro atoms. The summed E-state index contributed by atoms with van der Waals surface area (Å²) in [7, 11) is 3.37. The Bertz CT molecular complexity index is 412.